The summed E-state index contributed by atoms with van der Waals surface area (Å²) in [5.74, 6) is -0.952. The lowest BCUT2D eigenvalue weighted by Crippen LogP contribution is -2.52. The summed E-state index contributed by atoms with van der Waals surface area (Å²) in [5.41, 5.74) is 2.14. The van der Waals surface area contributed by atoms with Crippen molar-refractivity contribution in [3.63, 3.8) is 0 Å². The summed E-state index contributed by atoms with van der Waals surface area (Å²) in [5, 5.41) is 3.04. The highest BCUT2D eigenvalue weighted by Gasteiger charge is 2.31. The lowest BCUT2D eigenvalue weighted by Gasteiger charge is -2.32. The Hall–Kier alpha value is -3.72. The van der Waals surface area contributed by atoms with Crippen LogP contribution < -0.4 is 9.62 Å². The third kappa shape index (κ3) is 9.19. The molecule has 0 aliphatic carbocycles. The molecule has 0 spiro atoms. The molecule has 214 valence electrons. The minimum absolute atomic E-state index is 0.0297. The van der Waals surface area contributed by atoms with Crippen LogP contribution in [0.3, 0.4) is 0 Å². The van der Waals surface area contributed by atoms with Gasteiger partial charge in [0.25, 0.3) is 0 Å². The molecule has 3 aromatic rings. The van der Waals surface area contributed by atoms with E-state index < -0.39 is 21.9 Å². The van der Waals surface area contributed by atoms with Gasteiger partial charge < -0.3 is 10.2 Å². The molecule has 1 N–H and O–H groups in total. The molecular formula is C31H38FN3O4S. The number of carbonyl (C=O) groups excluding carboxylic acids is 2. The largest absolute Gasteiger partial charge is 0.352 e. The summed E-state index contributed by atoms with van der Waals surface area (Å²) in [7, 11) is -3.66. The van der Waals surface area contributed by atoms with Crippen molar-refractivity contribution in [1.82, 2.24) is 10.2 Å². The normalized spacial score (nSPS) is 12.8. The first-order chi connectivity index (χ1) is 19.1. The zero-order chi connectivity index (χ0) is 29.1. The lowest BCUT2D eigenvalue weighted by molar-refractivity contribution is -0.141. The summed E-state index contributed by atoms with van der Waals surface area (Å²) >= 11 is 0. The predicted octanol–water partition coefficient (Wildman–Crippen LogP) is 4.93. The van der Waals surface area contributed by atoms with Crippen LogP contribution in [0.25, 0.3) is 0 Å². The van der Waals surface area contributed by atoms with Gasteiger partial charge in [-0.15, -0.1) is 0 Å². The van der Waals surface area contributed by atoms with Crippen LogP contribution in [0, 0.1) is 5.82 Å². The number of amides is 2. The number of nitrogens with zero attached hydrogens (tertiary/aromatic N) is 2. The fourth-order valence-electron chi connectivity index (χ4n) is 4.39. The van der Waals surface area contributed by atoms with Gasteiger partial charge in [0.1, 0.15) is 11.9 Å². The van der Waals surface area contributed by atoms with Crippen molar-refractivity contribution in [3.8, 4) is 0 Å². The average molecular weight is 568 g/mol. The fraction of sp³-hybridized carbons (Fsp3) is 0.355. The van der Waals surface area contributed by atoms with E-state index in [0.717, 1.165) is 23.8 Å². The van der Waals surface area contributed by atoms with Crippen molar-refractivity contribution >= 4 is 27.5 Å². The summed E-state index contributed by atoms with van der Waals surface area (Å²) in [6.45, 7) is 4.19. The Morgan fingerprint density at radius 3 is 2.02 bits per heavy atom. The third-order valence-electron chi connectivity index (χ3n) is 6.73. The van der Waals surface area contributed by atoms with Crippen LogP contribution in [0.2, 0.25) is 0 Å². The van der Waals surface area contributed by atoms with Crippen molar-refractivity contribution in [3.05, 3.63) is 102 Å². The molecule has 0 saturated carbocycles. The van der Waals surface area contributed by atoms with E-state index in [1.807, 2.05) is 74.5 Å². The summed E-state index contributed by atoms with van der Waals surface area (Å²) < 4.78 is 39.6. The topological polar surface area (TPSA) is 86.8 Å². The van der Waals surface area contributed by atoms with Gasteiger partial charge in [-0.25, -0.2) is 12.8 Å². The molecule has 0 bridgehead atoms. The van der Waals surface area contributed by atoms with E-state index in [2.05, 4.69) is 5.32 Å². The van der Waals surface area contributed by atoms with Crippen LogP contribution in [-0.4, -0.2) is 50.0 Å². The molecule has 0 heterocycles. The van der Waals surface area contributed by atoms with E-state index >= 15 is 0 Å². The molecule has 0 aliphatic rings. The number of benzene rings is 3. The van der Waals surface area contributed by atoms with Gasteiger partial charge in [0, 0.05) is 32.0 Å². The van der Waals surface area contributed by atoms with Crippen LogP contribution in [0.1, 0.15) is 44.2 Å². The van der Waals surface area contributed by atoms with Gasteiger partial charge in [0.2, 0.25) is 21.8 Å². The SMILES string of the molecule is CC[C@@H](C)NC(=O)[C@H](Cc1ccccc1)N(Cc1ccccc1)C(=O)CCCN(c1ccc(F)cc1)S(C)(=O)=O. The van der Waals surface area contributed by atoms with E-state index in [4.69, 9.17) is 0 Å². The Balaban J connectivity index is 1.86. The quantitative estimate of drug-likeness (QED) is 0.299. The van der Waals surface area contributed by atoms with Crippen molar-refractivity contribution in [2.24, 2.45) is 0 Å². The van der Waals surface area contributed by atoms with E-state index in [1.165, 1.54) is 28.6 Å². The Kier molecular flexibility index (Phi) is 11.3. The van der Waals surface area contributed by atoms with Gasteiger partial charge in [-0.3, -0.25) is 13.9 Å². The standard InChI is InChI=1S/C31H38FN3O4S/c1-4-24(2)33-31(37)29(22-25-12-7-5-8-13-25)34(23-26-14-9-6-10-15-26)30(36)16-11-21-35(40(3,38)39)28-19-17-27(32)18-20-28/h5-10,12-15,17-20,24,29H,4,11,16,21-23H2,1-3H3,(H,33,37)/t24-,29+/m1/s1. The van der Waals surface area contributed by atoms with E-state index in [9.17, 15) is 22.4 Å². The molecule has 2 amide bonds. The van der Waals surface area contributed by atoms with E-state index in [0.29, 0.717) is 12.1 Å². The van der Waals surface area contributed by atoms with Gasteiger partial charge in [-0.1, -0.05) is 67.6 Å². The molecule has 40 heavy (non-hydrogen) atoms. The number of hydrogen-bond acceptors (Lipinski definition) is 4. The van der Waals surface area contributed by atoms with Crippen molar-refractivity contribution in [1.29, 1.82) is 0 Å². The molecule has 0 radical (unpaired) electrons. The molecule has 3 rings (SSSR count). The molecule has 0 saturated heterocycles. The second-order valence-corrected chi connectivity index (χ2v) is 11.9. The molecule has 7 nitrogen and oxygen atoms in total. The molecule has 0 fully saturated rings. The zero-order valence-electron chi connectivity index (χ0n) is 23.3. The number of nitrogens with one attached hydrogen (secondary N) is 1. The maximum Gasteiger partial charge on any atom is 0.243 e. The van der Waals surface area contributed by atoms with Crippen molar-refractivity contribution in [2.75, 3.05) is 17.1 Å². The minimum atomic E-state index is -3.66. The Morgan fingerprint density at radius 2 is 1.48 bits per heavy atom. The molecule has 3 aromatic carbocycles. The zero-order valence-corrected chi connectivity index (χ0v) is 24.1. The van der Waals surface area contributed by atoms with Crippen molar-refractivity contribution < 1.29 is 22.4 Å². The highest BCUT2D eigenvalue weighted by atomic mass is 32.2. The van der Waals surface area contributed by atoms with Crippen LogP contribution in [0.5, 0.6) is 0 Å². The van der Waals surface area contributed by atoms with Gasteiger partial charge in [-0.05, 0) is 55.2 Å². The highest BCUT2D eigenvalue weighted by molar-refractivity contribution is 7.92. The number of carbonyl (C=O) groups is 2. The molecule has 0 unspecified atom stereocenters. The second-order valence-electron chi connectivity index (χ2n) is 9.95. The minimum Gasteiger partial charge on any atom is -0.352 e. The maximum absolute atomic E-state index is 13.8. The molecular weight excluding hydrogens is 529 g/mol. The lowest BCUT2D eigenvalue weighted by atomic mass is 10.0. The Bertz CT molecular complexity index is 1340. The third-order valence-corrected chi connectivity index (χ3v) is 7.93. The smallest absolute Gasteiger partial charge is 0.243 e. The van der Waals surface area contributed by atoms with Crippen LogP contribution in [0.15, 0.2) is 84.9 Å². The number of rotatable bonds is 14. The van der Waals surface area contributed by atoms with Gasteiger partial charge in [-0.2, -0.15) is 0 Å². The van der Waals surface area contributed by atoms with Crippen LogP contribution >= 0.6 is 0 Å². The van der Waals surface area contributed by atoms with Crippen LogP contribution in [-0.2, 0) is 32.6 Å². The number of hydrogen-bond donors (Lipinski definition) is 1. The average Bonchev–Trinajstić information content (AvgIpc) is 2.94. The number of halogens is 1. The molecule has 0 aliphatic heterocycles. The fourth-order valence-corrected chi connectivity index (χ4v) is 5.35. The summed E-state index contributed by atoms with van der Waals surface area (Å²) in [6.07, 6.45) is 2.42. The molecule has 0 aromatic heterocycles. The van der Waals surface area contributed by atoms with Gasteiger partial charge in [0.05, 0.1) is 11.9 Å². The monoisotopic (exact) mass is 567 g/mol. The Morgan fingerprint density at radius 1 is 0.900 bits per heavy atom. The molecule has 2 atom stereocenters. The summed E-state index contributed by atoms with van der Waals surface area (Å²) in [4.78, 5) is 28.9. The first-order valence-electron chi connectivity index (χ1n) is 13.5. The maximum atomic E-state index is 13.8. The van der Waals surface area contributed by atoms with Gasteiger partial charge >= 0.3 is 0 Å². The molecule has 9 heteroatoms. The highest BCUT2D eigenvalue weighted by Crippen LogP contribution is 2.20. The van der Waals surface area contributed by atoms with Gasteiger partial charge in [0.15, 0.2) is 0 Å². The van der Waals surface area contributed by atoms with E-state index in [1.54, 1.807) is 4.90 Å². The first kappa shape index (κ1) is 30.8. The first-order valence-corrected chi connectivity index (χ1v) is 15.3. The second kappa shape index (κ2) is 14.6. The van der Waals surface area contributed by atoms with Crippen LogP contribution in [0.4, 0.5) is 10.1 Å². The Labute approximate surface area is 237 Å². The number of sulfonamides is 1. The van der Waals surface area contributed by atoms with Crippen molar-refractivity contribution in [2.45, 2.75) is 58.2 Å². The van der Waals surface area contributed by atoms with E-state index in [-0.39, 0.29) is 43.8 Å². The summed E-state index contributed by atoms with van der Waals surface area (Å²) in [6, 6.07) is 23.4. The predicted molar refractivity (Wildman–Crippen MR) is 157 cm³/mol. The number of anilines is 1.